The minimum absolute atomic E-state index is 0.0110. The molecule has 0 bridgehead atoms. The molecule has 0 aliphatic carbocycles. The summed E-state index contributed by atoms with van der Waals surface area (Å²) in [5, 5.41) is 4.41. The third-order valence-corrected chi connectivity index (χ3v) is 6.20. The number of ether oxygens (including phenoxy) is 1. The number of nitrogens with zero attached hydrogens (tertiary/aromatic N) is 4. The first-order valence-corrected chi connectivity index (χ1v) is 9.64. The zero-order valence-electron chi connectivity index (χ0n) is 16.2. The summed E-state index contributed by atoms with van der Waals surface area (Å²) < 4.78 is 7.78. The second kappa shape index (κ2) is 6.44. The number of amides is 2. The number of ketones is 1. The van der Waals surface area contributed by atoms with Crippen LogP contribution < -0.4 is 0 Å². The highest BCUT2D eigenvalue weighted by molar-refractivity contribution is 5.96. The number of Topliss-reactive ketones (excluding diaryl/α,β-unsaturated/α-hetero) is 1. The number of hydrogen-bond donors (Lipinski definition) is 0. The first kappa shape index (κ1) is 18.2. The van der Waals surface area contributed by atoms with Crippen molar-refractivity contribution in [3.63, 3.8) is 0 Å². The highest BCUT2D eigenvalue weighted by Crippen LogP contribution is 2.45. The van der Waals surface area contributed by atoms with Crippen molar-refractivity contribution in [2.24, 2.45) is 0 Å². The molecule has 0 radical (unpaired) electrons. The largest absolute Gasteiger partial charge is 0.353 e. The van der Waals surface area contributed by atoms with Crippen molar-refractivity contribution in [1.82, 2.24) is 19.6 Å². The monoisotopic (exact) mass is 374 g/mol. The summed E-state index contributed by atoms with van der Waals surface area (Å²) in [6.07, 6.45) is 2.17. The third-order valence-electron chi connectivity index (χ3n) is 6.20. The fraction of sp³-hybridized carbons (Fsp3) is 0.684. The van der Waals surface area contributed by atoms with Crippen molar-refractivity contribution in [3.05, 3.63) is 17.0 Å². The van der Waals surface area contributed by atoms with E-state index >= 15 is 0 Å². The molecule has 3 aliphatic rings. The Kier molecular flexibility index (Phi) is 4.33. The maximum atomic E-state index is 12.9. The maximum absolute atomic E-state index is 12.9. The Labute approximate surface area is 158 Å². The lowest BCUT2D eigenvalue weighted by atomic mass is 10.0. The number of likely N-dealkylation sites (tertiary alicyclic amines) is 1. The molecule has 3 fully saturated rings. The van der Waals surface area contributed by atoms with E-state index in [0.29, 0.717) is 50.2 Å². The molecule has 2 amide bonds. The first-order chi connectivity index (χ1) is 12.8. The fourth-order valence-corrected chi connectivity index (χ4v) is 5.02. The molecule has 0 unspecified atom stereocenters. The lowest BCUT2D eigenvalue weighted by Gasteiger charge is -2.42. The second-order valence-corrected chi connectivity index (χ2v) is 7.72. The smallest absolute Gasteiger partial charge is 0.227 e. The van der Waals surface area contributed by atoms with Crippen LogP contribution in [-0.2, 0) is 20.9 Å². The summed E-state index contributed by atoms with van der Waals surface area (Å²) in [7, 11) is 0. The van der Waals surface area contributed by atoms with Crippen LogP contribution in [0.25, 0.3) is 0 Å². The Morgan fingerprint density at radius 1 is 1.30 bits per heavy atom. The van der Waals surface area contributed by atoms with Crippen molar-refractivity contribution in [2.45, 2.75) is 64.8 Å². The van der Waals surface area contributed by atoms with Gasteiger partial charge < -0.3 is 14.5 Å². The van der Waals surface area contributed by atoms with Gasteiger partial charge in [-0.2, -0.15) is 5.10 Å². The minimum atomic E-state index is -0.606. The van der Waals surface area contributed by atoms with Gasteiger partial charge in [0.15, 0.2) is 11.5 Å². The number of rotatable bonds is 4. The van der Waals surface area contributed by atoms with Crippen LogP contribution in [-0.4, -0.2) is 68.6 Å². The van der Waals surface area contributed by atoms with Gasteiger partial charge in [-0.25, -0.2) is 0 Å². The Morgan fingerprint density at radius 2 is 2.07 bits per heavy atom. The van der Waals surface area contributed by atoms with Crippen LogP contribution in [0.4, 0.5) is 0 Å². The molecule has 8 heteroatoms. The Bertz CT molecular complexity index is 817. The molecule has 8 nitrogen and oxygen atoms in total. The molecule has 1 aromatic rings. The fourth-order valence-electron chi connectivity index (χ4n) is 5.02. The van der Waals surface area contributed by atoms with Gasteiger partial charge in [0.25, 0.3) is 0 Å². The zero-order valence-corrected chi connectivity index (χ0v) is 16.2. The molecule has 0 aromatic carbocycles. The van der Waals surface area contributed by atoms with Crippen LogP contribution in [0.2, 0.25) is 0 Å². The Balaban J connectivity index is 1.46. The molecular weight excluding hydrogens is 348 g/mol. The maximum Gasteiger partial charge on any atom is 0.227 e. The summed E-state index contributed by atoms with van der Waals surface area (Å²) in [5.74, 6) is 0.0857. The van der Waals surface area contributed by atoms with E-state index < -0.39 is 5.72 Å². The molecule has 0 N–H and O–H groups in total. The molecule has 3 aliphatic heterocycles. The van der Waals surface area contributed by atoms with Crippen LogP contribution in [0, 0.1) is 13.8 Å². The second-order valence-electron chi connectivity index (χ2n) is 7.72. The van der Waals surface area contributed by atoms with Gasteiger partial charge in [0, 0.05) is 38.2 Å². The van der Waals surface area contributed by atoms with Crippen LogP contribution >= 0.6 is 0 Å². The van der Waals surface area contributed by atoms with Crippen LogP contribution in [0.5, 0.6) is 0 Å². The standard InChI is InChI=1S/C19H26N4O4/c1-12-18(14(3)24)13(2)23(20-12)8-5-16(25)21-9-6-19-15(21)11-17(26)22(19)7-4-10-27-19/h15H,4-11H2,1-3H3/t15-,19+/m1/s1. The van der Waals surface area contributed by atoms with E-state index in [9.17, 15) is 14.4 Å². The number of hydrogen-bond acceptors (Lipinski definition) is 5. The molecule has 4 rings (SSSR count). The van der Waals surface area contributed by atoms with Crippen molar-refractivity contribution in [2.75, 3.05) is 19.7 Å². The van der Waals surface area contributed by atoms with E-state index in [1.54, 1.807) is 4.68 Å². The van der Waals surface area contributed by atoms with E-state index in [-0.39, 0.29) is 23.6 Å². The van der Waals surface area contributed by atoms with E-state index in [2.05, 4.69) is 5.10 Å². The van der Waals surface area contributed by atoms with E-state index in [4.69, 9.17) is 4.74 Å². The SMILES string of the molecule is CC(=O)c1c(C)nn(CCC(=O)N2CC[C@@]34OCCCN3C(=O)C[C@@H]24)c1C. The molecule has 1 spiro atoms. The van der Waals surface area contributed by atoms with Crippen molar-refractivity contribution < 1.29 is 19.1 Å². The van der Waals surface area contributed by atoms with Gasteiger partial charge in [-0.15, -0.1) is 0 Å². The number of carbonyl (C=O) groups excluding carboxylic acids is 3. The summed E-state index contributed by atoms with van der Waals surface area (Å²) in [6, 6.07) is -0.189. The third kappa shape index (κ3) is 2.69. The topological polar surface area (TPSA) is 84.7 Å². The summed E-state index contributed by atoms with van der Waals surface area (Å²) >= 11 is 0. The highest BCUT2D eigenvalue weighted by Gasteiger charge is 2.61. The van der Waals surface area contributed by atoms with Gasteiger partial charge in [-0.1, -0.05) is 0 Å². The molecule has 0 saturated carbocycles. The summed E-state index contributed by atoms with van der Waals surface area (Å²) in [5.41, 5.74) is 1.52. The van der Waals surface area contributed by atoms with E-state index in [1.165, 1.54) is 6.92 Å². The first-order valence-electron chi connectivity index (χ1n) is 9.64. The van der Waals surface area contributed by atoms with Gasteiger partial charge in [0.1, 0.15) is 0 Å². The molecule has 146 valence electrons. The van der Waals surface area contributed by atoms with Gasteiger partial charge >= 0.3 is 0 Å². The average Bonchev–Trinajstić information content (AvgIpc) is 3.20. The van der Waals surface area contributed by atoms with E-state index in [0.717, 1.165) is 18.7 Å². The normalized spacial score (nSPS) is 27.1. The van der Waals surface area contributed by atoms with E-state index in [1.807, 2.05) is 23.6 Å². The quantitative estimate of drug-likeness (QED) is 0.736. The zero-order chi connectivity index (χ0) is 19.3. The molecule has 27 heavy (non-hydrogen) atoms. The Morgan fingerprint density at radius 3 is 2.78 bits per heavy atom. The minimum Gasteiger partial charge on any atom is -0.353 e. The average molecular weight is 374 g/mol. The molecular formula is C19H26N4O4. The molecule has 4 heterocycles. The van der Waals surface area contributed by atoms with Crippen molar-refractivity contribution in [3.8, 4) is 0 Å². The van der Waals surface area contributed by atoms with Crippen molar-refractivity contribution >= 4 is 17.6 Å². The van der Waals surface area contributed by atoms with Gasteiger partial charge in [-0.3, -0.25) is 19.1 Å². The summed E-state index contributed by atoms with van der Waals surface area (Å²) in [4.78, 5) is 40.7. The van der Waals surface area contributed by atoms with Gasteiger partial charge in [0.05, 0.1) is 30.3 Å². The summed E-state index contributed by atoms with van der Waals surface area (Å²) in [6.45, 7) is 7.60. The number of carbonyl (C=O) groups is 3. The number of aryl methyl sites for hydroxylation is 2. The molecule has 1 aromatic heterocycles. The van der Waals surface area contributed by atoms with Gasteiger partial charge in [-0.05, 0) is 27.2 Å². The van der Waals surface area contributed by atoms with Crippen LogP contribution in [0.1, 0.15) is 54.4 Å². The van der Waals surface area contributed by atoms with Gasteiger partial charge in [0.2, 0.25) is 11.8 Å². The Hall–Kier alpha value is -2.22. The van der Waals surface area contributed by atoms with Crippen LogP contribution in [0.15, 0.2) is 0 Å². The predicted molar refractivity (Wildman–Crippen MR) is 96.1 cm³/mol. The predicted octanol–water partition coefficient (Wildman–Crippen LogP) is 1.04. The lowest BCUT2D eigenvalue weighted by Crippen LogP contribution is -2.56. The lowest BCUT2D eigenvalue weighted by molar-refractivity contribution is -0.181. The number of aromatic nitrogens is 2. The molecule has 3 saturated heterocycles. The van der Waals surface area contributed by atoms with Crippen LogP contribution in [0.3, 0.4) is 0 Å². The molecule has 2 atom stereocenters. The highest BCUT2D eigenvalue weighted by atomic mass is 16.5. The van der Waals surface area contributed by atoms with Crippen molar-refractivity contribution in [1.29, 1.82) is 0 Å².